The minimum atomic E-state index is -0.383. The zero-order chi connectivity index (χ0) is 24.0. The summed E-state index contributed by atoms with van der Waals surface area (Å²) < 4.78 is 14.9. The first-order valence-electron chi connectivity index (χ1n) is 11.0. The van der Waals surface area contributed by atoms with Gasteiger partial charge < -0.3 is 5.32 Å². The second-order valence-electron chi connectivity index (χ2n) is 8.75. The van der Waals surface area contributed by atoms with E-state index in [1.807, 2.05) is 18.2 Å². The number of carbonyl (C=O) groups excluding carboxylic acids is 1. The van der Waals surface area contributed by atoms with Crippen LogP contribution in [0, 0.1) is 21.8 Å². The fourth-order valence-electron chi connectivity index (χ4n) is 5.24. The summed E-state index contributed by atoms with van der Waals surface area (Å²) in [5, 5.41) is 14.6. The zero-order valence-corrected chi connectivity index (χ0v) is 19.9. The smallest absolute Gasteiger partial charge is 0.282 e. The zero-order valence-electron chi connectivity index (χ0n) is 18.3. The van der Waals surface area contributed by atoms with Crippen molar-refractivity contribution in [1.29, 1.82) is 0 Å². The molecule has 0 aromatic heterocycles. The number of benzene rings is 3. The van der Waals surface area contributed by atoms with E-state index in [0.717, 1.165) is 11.3 Å². The molecule has 174 valence electrons. The number of alkyl halides is 1. The average molecular weight is 497 g/mol. The SMILES string of the molecule is CC(=O)c1ccc2c(c1)C1C(Cl)C(Sc3ccccc3[N+](=O)[O-])CC1C(c1ccccc1F)N2. The van der Waals surface area contributed by atoms with Gasteiger partial charge in [-0.15, -0.1) is 23.4 Å². The van der Waals surface area contributed by atoms with E-state index in [2.05, 4.69) is 5.32 Å². The maximum absolute atomic E-state index is 14.9. The maximum Gasteiger partial charge on any atom is 0.282 e. The lowest BCUT2D eigenvalue weighted by Gasteiger charge is -2.38. The van der Waals surface area contributed by atoms with Gasteiger partial charge in [-0.3, -0.25) is 14.9 Å². The number of anilines is 1. The molecule has 1 fully saturated rings. The number of nitrogens with one attached hydrogen (secondary N) is 1. The number of ketones is 1. The molecule has 8 heteroatoms. The molecule has 1 aliphatic carbocycles. The summed E-state index contributed by atoms with van der Waals surface area (Å²) in [5.74, 6) is -0.509. The number of carbonyl (C=O) groups is 1. The largest absolute Gasteiger partial charge is 0.378 e. The van der Waals surface area contributed by atoms with E-state index in [4.69, 9.17) is 11.6 Å². The van der Waals surface area contributed by atoms with Gasteiger partial charge in [-0.1, -0.05) is 30.3 Å². The van der Waals surface area contributed by atoms with Crippen molar-refractivity contribution in [3.8, 4) is 0 Å². The number of hydrogen-bond acceptors (Lipinski definition) is 5. The van der Waals surface area contributed by atoms with Gasteiger partial charge in [0.1, 0.15) is 5.82 Å². The molecule has 1 aliphatic heterocycles. The molecule has 5 atom stereocenters. The van der Waals surface area contributed by atoms with Gasteiger partial charge in [-0.05, 0) is 55.2 Å². The van der Waals surface area contributed by atoms with Crippen LogP contribution in [-0.2, 0) is 0 Å². The van der Waals surface area contributed by atoms with Gasteiger partial charge in [0, 0.05) is 34.0 Å². The van der Waals surface area contributed by atoms with Gasteiger partial charge >= 0.3 is 0 Å². The number of para-hydroxylation sites is 1. The van der Waals surface area contributed by atoms with Crippen molar-refractivity contribution < 1.29 is 14.1 Å². The maximum atomic E-state index is 14.9. The second kappa shape index (κ2) is 9.04. The Morgan fingerprint density at radius 1 is 1.12 bits per heavy atom. The van der Waals surface area contributed by atoms with Gasteiger partial charge in [-0.2, -0.15) is 0 Å². The highest BCUT2D eigenvalue weighted by atomic mass is 35.5. The first-order chi connectivity index (χ1) is 16.3. The molecule has 1 saturated carbocycles. The lowest BCUT2D eigenvalue weighted by molar-refractivity contribution is -0.387. The molecule has 0 amide bonds. The molecule has 0 bridgehead atoms. The highest BCUT2D eigenvalue weighted by Gasteiger charge is 2.50. The number of thioether (sulfide) groups is 1. The summed E-state index contributed by atoms with van der Waals surface area (Å²) in [6, 6.07) is 18.6. The van der Waals surface area contributed by atoms with Gasteiger partial charge in [0.05, 0.1) is 21.2 Å². The molecule has 5 rings (SSSR count). The Labute approximate surface area is 205 Å². The van der Waals surface area contributed by atoms with Crippen LogP contribution in [-0.4, -0.2) is 21.3 Å². The highest BCUT2D eigenvalue weighted by Crippen LogP contribution is 2.58. The molecule has 5 unspecified atom stereocenters. The van der Waals surface area contributed by atoms with Crippen LogP contribution in [0.25, 0.3) is 0 Å². The molecular weight excluding hydrogens is 475 g/mol. The number of Topliss-reactive ketones (excluding diaryl/α,β-unsaturated/α-hetero) is 1. The number of rotatable bonds is 5. The predicted octanol–water partition coefficient (Wildman–Crippen LogP) is 6.98. The third-order valence-corrected chi connectivity index (χ3v) is 8.91. The third kappa shape index (κ3) is 3.97. The Hall–Kier alpha value is -2.90. The van der Waals surface area contributed by atoms with Gasteiger partial charge in [0.15, 0.2) is 5.78 Å². The Morgan fingerprint density at radius 2 is 1.85 bits per heavy atom. The van der Waals surface area contributed by atoms with E-state index in [0.29, 0.717) is 22.4 Å². The van der Waals surface area contributed by atoms with Crippen molar-refractivity contribution in [2.75, 3.05) is 5.32 Å². The van der Waals surface area contributed by atoms with Gasteiger partial charge in [0.2, 0.25) is 0 Å². The van der Waals surface area contributed by atoms with Crippen LogP contribution in [0.15, 0.2) is 71.6 Å². The van der Waals surface area contributed by atoms with Crippen molar-refractivity contribution in [2.24, 2.45) is 5.92 Å². The fraction of sp³-hybridized carbons (Fsp3) is 0.269. The fourth-order valence-corrected chi connectivity index (χ4v) is 7.19. The average Bonchev–Trinajstić information content (AvgIpc) is 3.15. The van der Waals surface area contributed by atoms with E-state index >= 15 is 0 Å². The minimum Gasteiger partial charge on any atom is -0.378 e. The van der Waals surface area contributed by atoms with Gasteiger partial charge in [0.25, 0.3) is 5.69 Å². The molecule has 1 N–H and O–H groups in total. The molecule has 5 nitrogen and oxygen atoms in total. The Kier molecular flexibility index (Phi) is 6.08. The first-order valence-corrected chi connectivity index (χ1v) is 12.4. The first kappa shape index (κ1) is 22.9. The van der Waals surface area contributed by atoms with E-state index in [1.54, 1.807) is 36.4 Å². The molecule has 0 saturated heterocycles. The van der Waals surface area contributed by atoms with Crippen LogP contribution in [0.5, 0.6) is 0 Å². The minimum absolute atomic E-state index is 0.0365. The Bertz CT molecular complexity index is 1290. The normalized spacial score (nSPS) is 25.2. The van der Waals surface area contributed by atoms with E-state index in [-0.39, 0.29) is 50.7 Å². The van der Waals surface area contributed by atoms with Crippen molar-refractivity contribution >= 4 is 40.5 Å². The summed E-state index contributed by atoms with van der Waals surface area (Å²) in [5.41, 5.74) is 2.99. The van der Waals surface area contributed by atoms with Crippen molar-refractivity contribution in [2.45, 2.75) is 40.8 Å². The molecule has 3 aromatic rings. The van der Waals surface area contributed by atoms with E-state index in [1.165, 1.54) is 30.8 Å². The lowest BCUT2D eigenvalue weighted by atomic mass is 9.76. The summed E-state index contributed by atoms with van der Waals surface area (Å²) in [6.45, 7) is 1.53. The molecule has 34 heavy (non-hydrogen) atoms. The van der Waals surface area contributed by atoms with Crippen LogP contribution in [0.2, 0.25) is 0 Å². The molecule has 0 radical (unpaired) electrons. The van der Waals surface area contributed by atoms with Crippen molar-refractivity contribution in [3.05, 3.63) is 99.4 Å². The number of fused-ring (bicyclic) bond motifs is 3. The lowest BCUT2D eigenvalue weighted by Crippen LogP contribution is -2.31. The summed E-state index contributed by atoms with van der Waals surface area (Å²) >= 11 is 8.49. The molecule has 3 aromatic carbocycles. The van der Waals surface area contributed by atoms with Gasteiger partial charge in [-0.25, -0.2) is 4.39 Å². The van der Waals surface area contributed by atoms with Crippen molar-refractivity contribution in [3.63, 3.8) is 0 Å². The molecule has 0 spiro atoms. The number of hydrogen-bond donors (Lipinski definition) is 1. The topological polar surface area (TPSA) is 72.2 Å². The summed E-state index contributed by atoms with van der Waals surface area (Å²) in [7, 11) is 0. The molecule has 2 aliphatic rings. The van der Waals surface area contributed by atoms with E-state index < -0.39 is 0 Å². The monoisotopic (exact) mass is 496 g/mol. The van der Waals surface area contributed by atoms with Crippen molar-refractivity contribution in [1.82, 2.24) is 0 Å². The molecule has 1 heterocycles. The summed E-state index contributed by atoms with van der Waals surface area (Å²) in [4.78, 5) is 23.8. The number of nitro benzene ring substituents is 1. The third-order valence-electron chi connectivity index (χ3n) is 6.80. The predicted molar refractivity (Wildman–Crippen MR) is 132 cm³/mol. The standard InChI is InChI=1S/C26H22ClFN2O3S/c1-14(31)15-10-11-20-17(12-15)24-18(26(29-20)16-6-2-3-7-19(16)28)13-23(25(24)27)34-22-9-5-4-8-21(22)30(32)33/h2-12,18,23-26,29H,13H2,1H3. The Balaban J connectivity index is 1.57. The quantitative estimate of drug-likeness (QED) is 0.178. The summed E-state index contributed by atoms with van der Waals surface area (Å²) in [6.07, 6.45) is 0.644. The van der Waals surface area contributed by atoms with E-state index in [9.17, 15) is 19.3 Å². The highest BCUT2D eigenvalue weighted by molar-refractivity contribution is 8.00. The van der Waals surface area contributed by atoms with Crippen LogP contribution >= 0.6 is 23.4 Å². The second-order valence-corrected chi connectivity index (χ2v) is 10.5. The molecular formula is C26H22ClFN2O3S. The Morgan fingerprint density at radius 3 is 2.59 bits per heavy atom. The van der Waals surface area contributed by atoms with Crippen LogP contribution in [0.3, 0.4) is 0 Å². The van der Waals surface area contributed by atoms with Crippen LogP contribution < -0.4 is 5.32 Å². The van der Waals surface area contributed by atoms with Crippen LogP contribution in [0.4, 0.5) is 15.8 Å². The number of halogens is 2. The number of nitro groups is 1. The van der Waals surface area contributed by atoms with Crippen LogP contribution in [0.1, 0.15) is 46.8 Å². The number of nitrogens with zero attached hydrogens (tertiary/aromatic N) is 1.